The van der Waals surface area contributed by atoms with Crippen LogP contribution in [0.4, 0.5) is 5.13 Å². The van der Waals surface area contributed by atoms with Gasteiger partial charge in [-0.2, -0.15) is 4.31 Å². The van der Waals surface area contributed by atoms with E-state index >= 15 is 0 Å². The molecule has 198 valence electrons. The summed E-state index contributed by atoms with van der Waals surface area (Å²) in [4.78, 5) is 28.1. The first kappa shape index (κ1) is 26.9. The molecule has 1 amide bonds. The average Bonchev–Trinajstić information content (AvgIpc) is 3.56. The van der Waals surface area contributed by atoms with Gasteiger partial charge in [-0.3, -0.25) is 10.1 Å². The van der Waals surface area contributed by atoms with Gasteiger partial charge < -0.3 is 19.4 Å². The molecule has 14 heteroatoms. The zero-order valence-corrected chi connectivity index (χ0v) is 21.9. The summed E-state index contributed by atoms with van der Waals surface area (Å²) in [5.74, 6) is -0.157. The van der Waals surface area contributed by atoms with Crippen molar-refractivity contribution < 1.29 is 32.6 Å². The molecule has 4 rings (SSSR count). The largest absolute Gasteiger partial charge is 0.481 e. The summed E-state index contributed by atoms with van der Waals surface area (Å²) in [5.41, 5.74) is 0.890. The maximum Gasteiger partial charge on any atom is 0.280 e. The second-order valence-corrected chi connectivity index (χ2v) is 10.8. The van der Waals surface area contributed by atoms with Gasteiger partial charge in [-0.25, -0.2) is 18.4 Å². The number of likely N-dealkylation sites (N-methyl/N-ethyl adjacent to an activating group) is 1. The van der Waals surface area contributed by atoms with E-state index in [9.17, 15) is 18.3 Å². The van der Waals surface area contributed by atoms with Crippen LogP contribution >= 0.6 is 11.3 Å². The molecule has 1 aromatic carbocycles. The van der Waals surface area contributed by atoms with E-state index < -0.39 is 15.9 Å². The first-order valence-electron chi connectivity index (χ1n) is 11.5. The Hall–Kier alpha value is -3.17. The van der Waals surface area contributed by atoms with Crippen LogP contribution in [0.15, 0.2) is 46.4 Å². The smallest absolute Gasteiger partial charge is 0.280 e. The van der Waals surface area contributed by atoms with Gasteiger partial charge in [0.15, 0.2) is 16.9 Å². The second kappa shape index (κ2) is 11.9. The number of carbonyl (C=O) groups is 1. The standard InChI is InChI=1S/C23H27N5O7S2/c1-3-28(11-12-29)37(31,32)17-6-4-15(5-7-17)20(27-35-16-10-13-34-14-16)21(30)26-23-24-18-8-9-19(33-2)25-22(18)36-23/h4-9,16,29H,3,10-14H2,1-2H3,(H,24,26,30)/t16-/m1/s1. The summed E-state index contributed by atoms with van der Waals surface area (Å²) < 4.78 is 37.4. The van der Waals surface area contributed by atoms with Crippen LogP contribution in [0, 0.1) is 0 Å². The van der Waals surface area contributed by atoms with Crippen molar-refractivity contribution in [3.8, 4) is 5.88 Å². The summed E-state index contributed by atoms with van der Waals surface area (Å²) in [7, 11) is -2.30. The summed E-state index contributed by atoms with van der Waals surface area (Å²) in [6, 6.07) is 9.16. The number of hydrogen-bond acceptors (Lipinski definition) is 11. The fourth-order valence-corrected chi connectivity index (χ4v) is 5.83. The van der Waals surface area contributed by atoms with Crippen molar-refractivity contribution in [3.05, 3.63) is 42.0 Å². The topological polar surface area (TPSA) is 153 Å². The Morgan fingerprint density at radius 2 is 2.05 bits per heavy atom. The Kier molecular flexibility index (Phi) is 8.66. The molecule has 0 aliphatic carbocycles. The van der Waals surface area contributed by atoms with Crippen LogP contribution in [-0.4, -0.2) is 85.5 Å². The zero-order valence-electron chi connectivity index (χ0n) is 20.3. The number of carbonyl (C=O) groups excluding carboxylic acids is 1. The highest BCUT2D eigenvalue weighted by Gasteiger charge is 2.25. The van der Waals surface area contributed by atoms with Gasteiger partial charge in [-0.05, 0) is 18.2 Å². The number of thiazole rings is 1. The van der Waals surface area contributed by atoms with E-state index in [-0.39, 0.29) is 36.4 Å². The Morgan fingerprint density at radius 3 is 2.70 bits per heavy atom. The molecular formula is C23H27N5O7S2. The number of sulfonamides is 1. The maximum atomic E-state index is 13.3. The highest BCUT2D eigenvalue weighted by molar-refractivity contribution is 7.89. The number of nitrogens with zero attached hydrogens (tertiary/aromatic N) is 4. The number of aromatic nitrogens is 2. The third-order valence-electron chi connectivity index (χ3n) is 5.52. The van der Waals surface area contributed by atoms with Gasteiger partial charge in [0.25, 0.3) is 5.91 Å². The molecular weight excluding hydrogens is 522 g/mol. The lowest BCUT2D eigenvalue weighted by Gasteiger charge is -2.19. The molecule has 3 heterocycles. The Balaban J connectivity index is 1.60. The van der Waals surface area contributed by atoms with Crippen molar-refractivity contribution in [2.24, 2.45) is 5.16 Å². The molecule has 1 atom stereocenters. The summed E-state index contributed by atoms with van der Waals surface area (Å²) in [5, 5.41) is 16.3. The lowest BCUT2D eigenvalue weighted by Crippen LogP contribution is -2.33. The highest BCUT2D eigenvalue weighted by Crippen LogP contribution is 2.26. The first-order chi connectivity index (χ1) is 17.8. The van der Waals surface area contributed by atoms with Crippen LogP contribution in [0.5, 0.6) is 5.88 Å². The number of oxime groups is 1. The lowest BCUT2D eigenvalue weighted by molar-refractivity contribution is -0.110. The number of rotatable bonds is 11. The number of nitrogens with one attached hydrogen (secondary N) is 1. The summed E-state index contributed by atoms with van der Waals surface area (Å²) in [6.07, 6.45) is 0.344. The minimum absolute atomic E-state index is 0.0180. The number of methoxy groups -OCH3 is 1. The highest BCUT2D eigenvalue weighted by atomic mass is 32.2. The molecule has 0 spiro atoms. The van der Waals surface area contributed by atoms with Crippen LogP contribution < -0.4 is 10.1 Å². The quantitative estimate of drug-likeness (QED) is 0.270. The summed E-state index contributed by atoms with van der Waals surface area (Å²) >= 11 is 1.17. The predicted molar refractivity (Wildman–Crippen MR) is 137 cm³/mol. The van der Waals surface area contributed by atoms with Crippen LogP contribution in [0.1, 0.15) is 18.9 Å². The van der Waals surface area contributed by atoms with Gasteiger partial charge in [-0.1, -0.05) is 35.5 Å². The molecule has 12 nitrogen and oxygen atoms in total. The van der Waals surface area contributed by atoms with E-state index in [1.54, 1.807) is 19.1 Å². The Bertz CT molecular complexity index is 1370. The number of amides is 1. The number of anilines is 1. The molecule has 1 aliphatic heterocycles. The van der Waals surface area contributed by atoms with Gasteiger partial charge >= 0.3 is 0 Å². The first-order valence-corrected chi connectivity index (χ1v) is 13.8. The number of aliphatic hydroxyl groups excluding tert-OH is 1. The van der Waals surface area contributed by atoms with Crippen LogP contribution in [0.3, 0.4) is 0 Å². The fourth-order valence-electron chi connectivity index (χ4n) is 3.57. The lowest BCUT2D eigenvalue weighted by atomic mass is 10.1. The van der Waals surface area contributed by atoms with Gasteiger partial charge in [0.2, 0.25) is 15.9 Å². The number of fused-ring (bicyclic) bond motifs is 1. The third kappa shape index (κ3) is 6.22. The molecule has 1 aliphatic rings. The molecule has 37 heavy (non-hydrogen) atoms. The normalized spacial score (nSPS) is 16.3. The van der Waals surface area contributed by atoms with E-state index in [0.717, 1.165) is 0 Å². The number of aliphatic hydroxyl groups is 1. The van der Waals surface area contributed by atoms with Gasteiger partial charge in [-0.15, -0.1) is 0 Å². The number of benzene rings is 1. The Labute approximate surface area is 217 Å². The minimum Gasteiger partial charge on any atom is -0.481 e. The van der Waals surface area contributed by atoms with Gasteiger partial charge in [0.05, 0.1) is 31.8 Å². The van der Waals surface area contributed by atoms with Crippen LogP contribution in [-0.2, 0) is 24.4 Å². The molecule has 0 radical (unpaired) electrons. The average molecular weight is 550 g/mol. The van der Waals surface area contributed by atoms with Crippen molar-refractivity contribution in [3.63, 3.8) is 0 Å². The van der Waals surface area contributed by atoms with Crippen molar-refractivity contribution >= 4 is 48.5 Å². The van der Waals surface area contributed by atoms with Crippen molar-refractivity contribution in [2.45, 2.75) is 24.3 Å². The van der Waals surface area contributed by atoms with Crippen molar-refractivity contribution in [1.29, 1.82) is 0 Å². The molecule has 2 aromatic heterocycles. The zero-order chi connectivity index (χ0) is 26.4. The second-order valence-electron chi connectivity index (χ2n) is 7.93. The van der Waals surface area contributed by atoms with Crippen LogP contribution in [0.25, 0.3) is 10.3 Å². The van der Waals surface area contributed by atoms with Crippen molar-refractivity contribution in [1.82, 2.24) is 14.3 Å². The Morgan fingerprint density at radius 1 is 1.27 bits per heavy atom. The molecule has 1 fully saturated rings. The molecule has 1 saturated heterocycles. The van der Waals surface area contributed by atoms with E-state index in [1.165, 1.54) is 47.0 Å². The molecule has 0 unspecified atom stereocenters. The van der Waals surface area contributed by atoms with E-state index in [2.05, 4.69) is 20.4 Å². The minimum atomic E-state index is -3.81. The number of hydrogen-bond donors (Lipinski definition) is 2. The fraction of sp³-hybridized carbons (Fsp3) is 0.391. The van der Waals surface area contributed by atoms with E-state index in [1.807, 2.05) is 0 Å². The number of pyridine rings is 1. The van der Waals surface area contributed by atoms with E-state index in [4.69, 9.17) is 14.3 Å². The van der Waals surface area contributed by atoms with Gasteiger partial charge in [0, 0.05) is 31.1 Å². The molecule has 0 bridgehead atoms. The van der Waals surface area contributed by atoms with Crippen molar-refractivity contribution in [2.75, 3.05) is 45.3 Å². The SMILES string of the molecule is CCN(CCO)S(=O)(=O)c1ccc(C(=NO[C@@H]2CCOC2)C(=O)Nc2nc3ccc(OC)nc3s2)cc1. The third-order valence-corrected chi connectivity index (χ3v) is 8.39. The molecule has 2 N–H and O–H groups in total. The predicted octanol–water partition coefficient (Wildman–Crippen LogP) is 1.85. The molecule has 0 saturated carbocycles. The van der Waals surface area contributed by atoms with E-state index in [0.29, 0.717) is 46.6 Å². The van der Waals surface area contributed by atoms with Gasteiger partial charge in [0.1, 0.15) is 10.3 Å². The molecule has 3 aromatic rings. The monoisotopic (exact) mass is 549 g/mol. The maximum absolute atomic E-state index is 13.3. The van der Waals surface area contributed by atoms with Crippen LogP contribution in [0.2, 0.25) is 0 Å². The summed E-state index contributed by atoms with van der Waals surface area (Å²) in [6.45, 7) is 2.49. The number of ether oxygens (including phenoxy) is 2.